The number of hydrazine groups is 1. The quantitative estimate of drug-likeness (QED) is 0.661. The first-order valence-corrected chi connectivity index (χ1v) is 6.22. The van der Waals surface area contributed by atoms with E-state index in [2.05, 4.69) is 10.4 Å². The summed E-state index contributed by atoms with van der Waals surface area (Å²) < 4.78 is 5.29. The highest BCUT2D eigenvalue weighted by Gasteiger charge is 2.10. The van der Waals surface area contributed by atoms with Gasteiger partial charge in [0.2, 0.25) is 0 Å². The molecule has 0 aliphatic heterocycles. The SMILES string of the molecule is COc1ccc(Cl)cc1-c1csc(CNN)n1. The van der Waals surface area contributed by atoms with Crippen LogP contribution in [-0.2, 0) is 6.54 Å². The highest BCUT2D eigenvalue weighted by Crippen LogP contribution is 2.32. The number of ether oxygens (including phenoxy) is 1. The number of thiazole rings is 1. The van der Waals surface area contributed by atoms with E-state index in [0.717, 1.165) is 22.0 Å². The molecule has 0 aliphatic rings. The summed E-state index contributed by atoms with van der Waals surface area (Å²) in [5.41, 5.74) is 4.31. The van der Waals surface area contributed by atoms with E-state index in [1.165, 1.54) is 0 Å². The maximum absolute atomic E-state index is 5.98. The maximum Gasteiger partial charge on any atom is 0.128 e. The second-order valence-electron chi connectivity index (χ2n) is 3.35. The van der Waals surface area contributed by atoms with Gasteiger partial charge in [-0.3, -0.25) is 11.3 Å². The van der Waals surface area contributed by atoms with Crippen molar-refractivity contribution >= 4 is 22.9 Å². The van der Waals surface area contributed by atoms with Crippen LogP contribution in [0.4, 0.5) is 0 Å². The average Bonchev–Trinajstić information content (AvgIpc) is 2.78. The molecule has 0 radical (unpaired) electrons. The molecule has 0 atom stereocenters. The lowest BCUT2D eigenvalue weighted by Crippen LogP contribution is -2.20. The molecule has 4 nitrogen and oxygen atoms in total. The first-order chi connectivity index (χ1) is 8.24. The number of benzene rings is 1. The number of hydrogen-bond donors (Lipinski definition) is 2. The predicted molar refractivity (Wildman–Crippen MR) is 70.1 cm³/mol. The highest BCUT2D eigenvalue weighted by molar-refractivity contribution is 7.09. The number of nitrogens with two attached hydrogens (primary N) is 1. The van der Waals surface area contributed by atoms with Gasteiger partial charge < -0.3 is 4.74 Å². The molecular weight excluding hydrogens is 258 g/mol. The molecule has 0 bridgehead atoms. The zero-order chi connectivity index (χ0) is 12.3. The molecule has 6 heteroatoms. The lowest BCUT2D eigenvalue weighted by Gasteiger charge is -2.06. The molecule has 0 fully saturated rings. The zero-order valence-corrected chi connectivity index (χ0v) is 10.8. The Kier molecular flexibility index (Phi) is 3.96. The van der Waals surface area contributed by atoms with Crippen LogP contribution in [0.2, 0.25) is 5.02 Å². The fourth-order valence-corrected chi connectivity index (χ4v) is 2.40. The Balaban J connectivity index is 2.40. The largest absolute Gasteiger partial charge is 0.496 e. The van der Waals surface area contributed by atoms with Crippen LogP contribution in [0.25, 0.3) is 11.3 Å². The summed E-state index contributed by atoms with van der Waals surface area (Å²) in [5, 5.41) is 3.54. The molecule has 1 heterocycles. The van der Waals surface area contributed by atoms with Gasteiger partial charge in [0.15, 0.2) is 0 Å². The van der Waals surface area contributed by atoms with Crippen LogP contribution in [0.1, 0.15) is 5.01 Å². The average molecular weight is 270 g/mol. The van der Waals surface area contributed by atoms with Crippen molar-refractivity contribution in [3.63, 3.8) is 0 Å². The van der Waals surface area contributed by atoms with Crippen LogP contribution < -0.4 is 16.0 Å². The van der Waals surface area contributed by atoms with E-state index in [-0.39, 0.29) is 0 Å². The van der Waals surface area contributed by atoms with Crippen molar-refractivity contribution in [2.75, 3.05) is 7.11 Å². The van der Waals surface area contributed by atoms with Gasteiger partial charge in [0.25, 0.3) is 0 Å². The van der Waals surface area contributed by atoms with E-state index in [1.54, 1.807) is 24.5 Å². The molecule has 0 spiro atoms. The van der Waals surface area contributed by atoms with E-state index in [1.807, 2.05) is 17.5 Å². The molecular formula is C11H12ClN3OS. The first-order valence-electron chi connectivity index (χ1n) is 4.96. The predicted octanol–water partition coefficient (Wildman–Crippen LogP) is 2.44. The molecule has 1 aromatic heterocycles. The Morgan fingerprint density at radius 1 is 1.53 bits per heavy atom. The summed E-state index contributed by atoms with van der Waals surface area (Å²) in [7, 11) is 1.63. The standard InChI is InChI=1S/C11H12ClN3OS/c1-16-10-3-2-7(12)4-8(10)9-6-17-11(15-9)5-14-13/h2-4,6,14H,5,13H2,1H3. The highest BCUT2D eigenvalue weighted by atomic mass is 35.5. The molecule has 2 rings (SSSR count). The number of nitrogens with one attached hydrogen (secondary N) is 1. The number of methoxy groups -OCH3 is 1. The van der Waals surface area contributed by atoms with E-state index >= 15 is 0 Å². The molecule has 1 aromatic carbocycles. The van der Waals surface area contributed by atoms with Crippen LogP contribution in [0, 0.1) is 0 Å². The van der Waals surface area contributed by atoms with Gasteiger partial charge in [-0.1, -0.05) is 11.6 Å². The van der Waals surface area contributed by atoms with Crippen molar-refractivity contribution in [1.29, 1.82) is 0 Å². The first kappa shape index (κ1) is 12.3. The van der Waals surface area contributed by atoms with Crippen LogP contribution in [0.15, 0.2) is 23.6 Å². The molecule has 0 amide bonds. The summed E-state index contributed by atoms with van der Waals surface area (Å²) in [4.78, 5) is 4.46. The number of halogens is 1. The van der Waals surface area contributed by atoms with Crippen LogP contribution in [0.3, 0.4) is 0 Å². The lowest BCUT2D eigenvalue weighted by atomic mass is 10.1. The Hall–Kier alpha value is -1.14. The Bertz CT molecular complexity index is 515. The summed E-state index contributed by atoms with van der Waals surface area (Å²) in [5.74, 6) is 6.02. The molecule has 0 unspecified atom stereocenters. The Morgan fingerprint density at radius 2 is 2.35 bits per heavy atom. The number of hydrogen-bond acceptors (Lipinski definition) is 5. The number of nitrogens with zero attached hydrogens (tertiary/aromatic N) is 1. The maximum atomic E-state index is 5.98. The number of rotatable bonds is 4. The monoisotopic (exact) mass is 269 g/mol. The van der Waals surface area contributed by atoms with E-state index in [9.17, 15) is 0 Å². The molecule has 0 saturated carbocycles. The Morgan fingerprint density at radius 3 is 3.06 bits per heavy atom. The second-order valence-corrected chi connectivity index (χ2v) is 4.73. The Labute approximate surface area is 108 Å². The summed E-state index contributed by atoms with van der Waals surface area (Å²) in [6, 6.07) is 5.46. The third kappa shape index (κ3) is 2.76. The molecule has 3 N–H and O–H groups in total. The minimum absolute atomic E-state index is 0.549. The van der Waals surface area contributed by atoms with Crippen molar-refractivity contribution in [2.45, 2.75) is 6.54 Å². The van der Waals surface area contributed by atoms with Crippen molar-refractivity contribution < 1.29 is 4.74 Å². The van der Waals surface area contributed by atoms with E-state index in [4.69, 9.17) is 22.2 Å². The van der Waals surface area contributed by atoms with Crippen LogP contribution in [-0.4, -0.2) is 12.1 Å². The fourth-order valence-electron chi connectivity index (χ4n) is 1.48. The summed E-state index contributed by atoms with van der Waals surface area (Å²) in [6.07, 6.45) is 0. The van der Waals surface area contributed by atoms with Gasteiger partial charge in [-0.25, -0.2) is 4.98 Å². The molecule has 17 heavy (non-hydrogen) atoms. The van der Waals surface area contributed by atoms with E-state index in [0.29, 0.717) is 11.6 Å². The summed E-state index contributed by atoms with van der Waals surface area (Å²) >= 11 is 7.52. The third-order valence-electron chi connectivity index (χ3n) is 2.24. The minimum Gasteiger partial charge on any atom is -0.496 e. The normalized spacial score (nSPS) is 10.5. The van der Waals surface area contributed by atoms with Gasteiger partial charge in [0.1, 0.15) is 10.8 Å². The van der Waals surface area contributed by atoms with Gasteiger partial charge >= 0.3 is 0 Å². The third-order valence-corrected chi connectivity index (χ3v) is 3.33. The second kappa shape index (κ2) is 5.46. The van der Waals surface area contributed by atoms with Gasteiger partial charge in [-0.15, -0.1) is 11.3 Å². The summed E-state index contributed by atoms with van der Waals surface area (Å²) in [6.45, 7) is 0.549. The molecule has 0 aliphatic carbocycles. The molecule has 2 aromatic rings. The van der Waals surface area contributed by atoms with E-state index < -0.39 is 0 Å². The number of aromatic nitrogens is 1. The molecule has 90 valence electrons. The minimum atomic E-state index is 0.549. The van der Waals surface area contributed by atoms with Crippen LogP contribution in [0.5, 0.6) is 5.75 Å². The van der Waals surface area contributed by atoms with Crippen molar-refractivity contribution in [1.82, 2.24) is 10.4 Å². The smallest absolute Gasteiger partial charge is 0.128 e. The lowest BCUT2D eigenvalue weighted by molar-refractivity contribution is 0.416. The van der Waals surface area contributed by atoms with Crippen molar-refractivity contribution in [3.8, 4) is 17.0 Å². The zero-order valence-electron chi connectivity index (χ0n) is 9.24. The van der Waals surface area contributed by atoms with Crippen molar-refractivity contribution in [3.05, 3.63) is 33.6 Å². The molecule has 0 saturated heterocycles. The van der Waals surface area contributed by atoms with Gasteiger partial charge in [0, 0.05) is 16.0 Å². The van der Waals surface area contributed by atoms with Gasteiger partial charge in [-0.2, -0.15) is 0 Å². The van der Waals surface area contributed by atoms with Crippen LogP contribution >= 0.6 is 22.9 Å². The van der Waals surface area contributed by atoms with Crippen molar-refractivity contribution in [2.24, 2.45) is 5.84 Å². The topological polar surface area (TPSA) is 60.2 Å². The van der Waals surface area contributed by atoms with Gasteiger partial charge in [-0.05, 0) is 18.2 Å². The van der Waals surface area contributed by atoms with Gasteiger partial charge in [0.05, 0.1) is 19.3 Å². The fraction of sp³-hybridized carbons (Fsp3) is 0.182.